The number of rotatable bonds is 9. The van der Waals surface area contributed by atoms with Crippen molar-refractivity contribution >= 4 is 23.3 Å². The van der Waals surface area contributed by atoms with E-state index in [0.29, 0.717) is 34.1 Å². The van der Waals surface area contributed by atoms with Gasteiger partial charge >= 0.3 is 5.97 Å². The highest BCUT2D eigenvalue weighted by Gasteiger charge is 2.23. The lowest BCUT2D eigenvalue weighted by Gasteiger charge is -2.18. The molecule has 0 saturated heterocycles. The number of hydrogen-bond acceptors (Lipinski definition) is 7. The molecule has 8 nitrogen and oxygen atoms in total. The first-order valence-corrected chi connectivity index (χ1v) is 10.4. The molecule has 1 amide bonds. The van der Waals surface area contributed by atoms with Crippen molar-refractivity contribution in [1.82, 2.24) is 0 Å². The summed E-state index contributed by atoms with van der Waals surface area (Å²) in [5.41, 5.74) is 1.01. The van der Waals surface area contributed by atoms with Crippen molar-refractivity contribution in [3.8, 4) is 17.2 Å². The van der Waals surface area contributed by atoms with E-state index in [0.717, 1.165) is 0 Å². The molecule has 0 aliphatic carbocycles. The van der Waals surface area contributed by atoms with Gasteiger partial charge in [-0.15, -0.1) is 0 Å². The molecule has 0 radical (unpaired) electrons. The molecule has 8 heteroatoms. The zero-order valence-electron chi connectivity index (χ0n) is 20.1. The van der Waals surface area contributed by atoms with Gasteiger partial charge in [-0.3, -0.25) is 14.4 Å². The van der Waals surface area contributed by atoms with E-state index in [1.165, 1.54) is 28.3 Å². The fraction of sp³-hybridized carbons (Fsp3) is 0.400. The molecular weight excluding hydrogens is 426 g/mol. The molecule has 1 N–H and O–H groups in total. The molecule has 0 saturated carbocycles. The van der Waals surface area contributed by atoms with Crippen LogP contribution in [0.15, 0.2) is 36.4 Å². The number of ether oxygens (including phenoxy) is 4. The number of esters is 1. The lowest BCUT2D eigenvalue weighted by atomic mass is 9.95. The number of amides is 1. The topological polar surface area (TPSA) is 100 Å². The predicted molar refractivity (Wildman–Crippen MR) is 124 cm³/mol. The van der Waals surface area contributed by atoms with Gasteiger partial charge in [-0.05, 0) is 48.9 Å². The highest BCUT2D eigenvalue weighted by molar-refractivity contribution is 6.01. The van der Waals surface area contributed by atoms with Gasteiger partial charge in [0.15, 0.2) is 17.6 Å². The molecule has 2 aromatic carbocycles. The fourth-order valence-electron chi connectivity index (χ4n) is 2.97. The van der Waals surface area contributed by atoms with Crippen LogP contribution in [-0.2, 0) is 20.7 Å². The van der Waals surface area contributed by atoms with Crippen LogP contribution in [0.5, 0.6) is 17.2 Å². The van der Waals surface area contributed by atoms with Crippen molar-refractivity contribution in [3.05, 3.63) is 47.5 Å². The average Bonchev–Trinajstić information content (AvgIpc) is 2.77. The van der Waals surface area contributed by atoms with Crippen LogP contribution in [0.1, 0.15) is 43.6 Å². The zero-order chi connectivity index (χ0) is 24.8. The summed E-state index contributed by atoms with van der Waals surface area (Å²) in [6.07, 6.45) is -1.05. The summed E-state index contributed by atoms with van der Waals surface area (Å²) in [5, 5.41) is 2.80. The third-order valence-electron chi connectivity index (χ3n) is 4.86. The summed E-state index contributed by atoms with van der Waals surface area (Å²) in [7, 11) is 4.46. The van der Waals surface area contributed by atoms with Crippen LogP contribution in [0.3, 0.4) is 0 Å². The van der Waals surface area contributed by atoms with Crippen LogP contribution >= 0.6 is 0 Å². The highest BCUT2D eigenvalue weighted by Crippen LogP contribution is 2.38. The summed E-state index contributed by atoms with van der Waals surface area (Å²) >= 11 is 0. The van der Waals surface area contributed by atoms with Crippen molar-refractivity contribution in [2.45, 2.75) is 40.2 Å². The van der Waals surface area contributed by atoms with Gasteiger partial charge in [0.05, 0.1) is 27.8 Å². The monoisotopic (exact) mass is 457 g/mol. The number of nitrogens with one attached hydrogen (secondary N) is 1. The molecule has 2 rings (SSSR count). The van der Waals surface area contributed by atoms with Gasteiger partial charge in [0, 0.05) is 16.7 Å². The molecule has 0 aliphatic rings. The molecule has 1 atom stereocenters. The minimum absolute atomic E-state index is 0.0773. The van der Waals surface area contributed by atoms with E-state index >= 15 is 0 Å². The molecule has 178 valence electrons. The van der Waals surface area contributed by atoms with Crippen LogP contribution < -0.4 is 19.5 Å². The largest absolute Gasteiger partial charge is 0.493 e. The Morgan fingerprint density at radius 3 is 1.91 bits per heavy atom. The second-order valence-electron chi connectivity index (χ2n) is 8.49. The number of benzene rings is 2. The van der Waals surface area contributed by atoms with Crippen molar-refractivity contribution in [2.75, 3.05) is 26.6 Å². The van der Waals surface area contributed by atoms with Gasteiger partial charge in [-0.1, -0.05) is 20.8 Å². The predicted octanol–water partition coefficient (Wildman–Crippen LogP) is 4.05. The maximum Gasteiger partial charge on any atom is 0.310 e. The fourth-order valence-corrected chi connectivity index (χ4v) is 2.97. The number of ketones is 1. The molecule has 2 aromatic rings. The Morgan fingerprint density at radius 1 is 0.909 bits per heavy atom. The van der Waals surface area contributed by atoms with Crippen LogP contribution in [-0.4, -0.2) is 45.1 Å². The summed E-state index contributed by atoms with van der Waals surface area (Å²) < 4.78 is 21.2. The summed E-state index contributed by atoms with van der Waals surface area (Å²) in [6, 6.07) is 9.76. The minimum Gasteiger partial charge on any atom is -0.493 e. The standard InChI is InChI=1S/C25H31NO7/c1-15(22(28)17-8-10-18(11-9-17)26-24(29)25(2,3)4)33-21(27)14-16-12-19(30-5)23(32-7)20(13-16)31-6/h8-13,15H,14H2,1-7H3,(H,26,29). The average molecular weight is 458 g/mol. The first-order valence-electron chi connectivity index (χ1n) is 10.4. The lowest BCUT2D eigenvalue weighted by Crippen LogP contribution is -2.27. The molecule has 0 bridgehead atoms. The van der Waals surface area contributed by atoms with E-state index in [9.17, 15) is 14.4 Å². The molecule has 0 aromatic heterocycles. The molecule has 0 fully saturated rings. The number of anilines is 1. The Morgan fingerprint density at radius 2 is 1.45 bits per heavy atom. The normalized spacial score (nSPS) is 11.8. The first kappa shape index (κ1) is 25.7. The summed E-state index contributed by atoms with van der Waals surface area (Å²) in [5.74, 6) is 0.212. The van der Waals surface area contributed by atoms with Gasteiger partial charge in [0.25, 0.3) is 0 Å². The number of carbonyl (C=O) groups excluding carboxylic acids is 3. The Hall–Kier alpha value is -3.55. The molecule has 0 aliphatic heterocycles. The van der Waals surface area contributed by atoms with Crippen molar-refractivity contribution in [2.24, 2.45) is 5.41 Å². The third kappa shape index (κ3) is 6.71. The van der Waals surface area contributed by atoms with Gasteiger partial charge in [-0.2, -0.15) is 0 Å². The van der Waals surface area contributed by atoms with E-state index in [2.05, 4.69) is 5.32 Å². The quantitative estimate of drug-likeness (QED) is 0.448. The summed E-state index contributed by atoms with van der Waals surface area (Å²) in [4.78, 5) is 37.2. The minimum atomic E-state index is -0.977. The number of carbonyl (C=O) groups is 3. The smallest absolute Gasteiger partial charge is 0.310 e. The Labute approximate surface area is 194 Å². The van der Waals surface area contributed by atoms with E-state index in [1.807, 2.05) is 20.8 Å². The van der Waals surface area contributed by atoms with E-state index < -0.39 is 17.5 Å². The maximum absolute atomic E-state index is 12.7. The van der Waals surface area contributed by atoms with Gasteiger partial charge < -0.3 is 24.3 Å². The Kier molecular flexibility index (Phi) is 8.45. The summed E-state index contributed by atoms with van der Waals surface area (Å²) in [6.45, 7) is 6.96. The van der Waals surface area contributed by atoms with Crippen LogP contribution in [0.2, 0.25) is 0 Å². The molecular formula is C25H31NO7. The second-order valence-corrected chi connectivity index (χ2v) is 8.49. The van der Waals surface area contributed by atoms with Crippen LogP contribution in [0.25, 0.3) is 0 Å². The first-order chi connectivity index (χ1) is 15.5. The number of hydrogen-bond donors (Lipinski definition) is 1. The van der Waals surface area contributed by atoms with Gasteiger partial charge in [-0.25, -0.2) is 0 Å². The van der Waals surface area contributed by atoms with Gasteiger partial charge in [0.2, 0.25) is 17.4 Å². The van der Waals surface area contributed by atoms with E-state index in [4.69, 9.17) is 18.9 Å². The van der Waals surface area contributed by atoms with Crippen LogP contribution in [0, 0.1) is 5.41 Å². The maximum atomic E-state index is 12.7. The molecule has 33 heavy (non-hydrogen) atoms. The second kappa shape index (κ2) is 10.8. The van der Waals surface area contributed by atoms with Crippen LogP contribution in [0.4, 0.5) is 5.69 Å². The third-order valence-corrected chi connectivity index (χ3v) is 4.86. The van der Waals surface area contributed by atoms with E-state index in [1.54, 1.807) is 36.4 Å². The Balaban J connectivity index is 2.03. The lowest BCUT2D eigenvalue weighted by molar-refractivity contribution is -0.145. The van der Waals surface area contributed by atoms with E-state index in [-0.39, 0.29) is 18.1 Å². The van der Waals surface area contributed by atoms with Crippen molar-refractivity contribution in [3.63, 3.8) is 0 Å². The van der Waals surface area contributed by atoms with Crippen molar-refractivity contribution in [1.29, 1.82) is 0 Å². The zero-order valence-corrected chi connectivity index (χ0v) is 20.1. The molecule has 0 spiro atoms. The SMILES string of the molecule is COc1cc(CC(=O)OC(C)C(=O)c2ccc(NC(=O)C(C)(C)C)cc2)cc(OC)c1OC. The highest BCUT2D eigenvalue weighted by atomic mass is 16.5. The van der Waals surface area contributed by atoms with Crippen molar-refractivity contribution < 1.29 is 33.3 Å². The Bertz CT molecular complexity index is 981. The van der Waals surface area contributed by atoms with Gasteiger partial charge in [0.1, 0.15) is 0 Å². The molecule has 0 heterocycles. The number of Topliss-reactive ketones (excluding diaryl/α,β-unsaturated/α-hetero) is 1. The number of methoxy groups -OCH3 is 3. The molecule has 1 unspecified atom stereocenters.